The van der Waals surface area contributed by atoms with Crippen molar-refractivity contribution in [1.29, 1.82) is 0 Å². The smallest absolute Gasteiger partial charge is 0.243 e. The first-order valence-corrected chi connectivity index (χ1v) is 8.57. The third-order valence-electron chi connectivity index (χ3n) is 3.57. The van der Waals surface area contributed by atoms with Crippen molar-refractivity contribution < 1.29 is 19.1 Å². The van der Waals surface area contributed by atoms with Gasteiger partial charge in [-0.3, -0.25) is 9.59 Å². The molecular weight excluding hydrogens is 332 g/mol. The molecule has 138 valence electrons. The summed E-state index contributed by atoms with van der Waals surface area (Å²) < 4.78 is 11.1. The topological polar surface area (TPSA) is 76.7 Å². The van der Waals surface area contributed by atoms with E-state index in [2.05, 4.69) is 10.6 Å². The number of ketones is 1. The molecule has 0 spiro atoms. The van der Waals surface area contributed by atoms with E-state index in [1.54, 1.807) is 42.5 Å². The molecule has 0 heterocycles. The molecule has 0 saturated heterocycles. The van der Waals surface area contributed by atoms with E-state index in [0.717, 1.165) is 5.69 Å². The summed E-state index contributed by atoms with van der Waals surface area (Å²) in [5.41, 5.74) is 2.04. The van der Waals surface area contributed by atoms with Crippen LogP contribution in [0.3, 0.4) is 0 Å². The average molecular weight is 356 g/mol. The molecule has 6 nitrogen and oxygen atoms in total. The summed E-state index contributed by atoms with van der Waals surface area (Å²) in [4.78, 5) is 23.4. The first-order chi connectivity index (χ1) is 12.5. The van der Waals surface area contributed by atoms with Gasteiger partial charge >= 0.3 is 0 Å². The van der Waals surface area contributed by atoms with Crippen LogP contribution in [0.15, 0.2) is 42.5 Å². The summed E-state index contributed by atoms with van der Waals surface area (Å²) in [5, 5.41) is 5.84. The predicted molar refractivity (Wildman–Crippen MR) is 102 cm³/mol. The van der Waals surface area contributed by atoms with Gasteiger partial charge in [-0.15, -0.1) is 0 Å². The van der Waals surface area contributed by atoms with Gasteiger partial charge in [-0.05, 0) is 57.2 Å². The van der Waals surface area contributed by atoms with Crippen LogP contribution in [-0.4, -0.2) is 31.4 Å². The van der Waals surface area contributed by atoms with E-state index in [9.17, 15) is 9.59 Å². The number of rotatable bonds is 9. The quantitative estimate of drug-likeness (QED) is 0.670. The van der Waals surface area contributed by atoms with Gasteiger partial charge in [-0.1, -0.05) is 0 Å². The number of benzene rings is 2. The Bertz CT molecular complexity index is 757. The average Bonchev–Trinajstić information content (AvgIpc) is 2.63. The van der Waals surface area contributed by atoms with Crippen LogP contribution in [0.1, 0.15) is 31.1 Å². The SMILES string of the molecule is CCOc1ccc(NC(=O)CNc2ccc(C(C)=O)cc2)cc1OCC. The number of nitrogens with one attached hydrogen (secondary N) is 2. The highest BCUT2D eigenvalue weighted by Crippen LogP contribution is 2.30. The van der Waals surface area contributed by atoms with Crippen molar-refractivity contribution in [1.82, 2.24) is 0 Å². The monoisotopic (exact) mass is 356 g/mol. The van der Waals surface area contributed by atoms with Gasteiger partial charge in [0, 0.05) is 23.0 Å². The normalized spacial score (nSPS) is 10.1. The van der Waals surface area contributed by atoms with Crippen LogP contribution in [0, 0.1) is 0 Å². The van der Waals surface area contributed by atoms with Crippen molar-refractivity contribution in [2.45, 2.75) is 20.8 Å². The van der Waals surface area contributed by atoms with Gasteiger partial charge in [-0.2, -0.15) is 0 Å². The number of hydrogen-bond acceptors (Lipinski definition) is 5. The Morgan fingerprint density at radius 3 is 2.12 bits per heavy atom. The number of ether oxygens (including phenoxy) is 2. The van der Waals surface area contributed by atoms with E-state index >= 15 is 0 Å². The lowest BCUT2D eigenvalue weighted by molar-refractivity contribution is -0.114. The number of carbonyl (C=O) groups excluding carboxylic acids is 2. The predicted octanol–water partition coefficient (Wildman–Crippen LogP) is 3.74. The molecule has 2 aromatic rings. The fraction of sp³-hybridized carbons (Fsp3) is 0.300. The molecule has 0 fully saturated rings. The molecule has 0 saturated carbocycles. The molecule has 2 N–H and O–H groups in total. The highest BCUT2D eigenvalue weighted by atomic mass is 16.5. The first kappa shape index (κ1) is 19.3. The molecule has 0 aliphatic rings. The summed E-state index contributed by atoms with van der Waals surface area (Å²) in [6.45, 7) is 6.47. The fourth-order valence-electron chi connectivity index (χ4n) is 2.34. The Balaban J connectivity index is 1.94. The second kappa shape index (κ2) is 9.46. The van der Waals surface area contributed by atoms with Crippen molar-refractivity contribution in [3.63, 3.8) is 0 Å². The van der Waals surface area contributed by atoms with Gasteiger partial charge in [0.05, 0.1) is 19.8 Å². The molecule has 0 atom stereocenters. The van der Waals surface area contributed by atoms with Crippen LogP contribution in [-0.2, 0) is 4.79 Å². The molecule has 26 heavy (non-hydrogen) atoms. The molecule has 0 radical (unpaired) electrons. The molecule has 0 bridgehead atoms. The van der Waals surface area contributed by atoms with Crippen molar-refractivity contribution in [2.24, 2.45) is 0 Å². The van der Waals surface area contributed by atoms with Gasteiger partial charge in [0.25, 0.3) is 0 Å². The number of amides is 1. The van der Waals surface area contributed by atoms with Gasteiger partial charge in [0.1, 0.15) is 0 Å². The van der Waals surface area contributed by atoms with Crippen LogP contribution in [0.4, 0.5) is 11.4 Å². The molecule has 6 heteroatoms. The third-order valence-corrected chi connectivity index (χ3v) is 3.57. The highest BCUT2D eigenvalue weighted by molar-refractivity contribution is 5.95. The molecular formula is C20H24N2O4. The lowest BCUT2D eigenvalue weighted by Gasteiger charge is -2.13. The van der Waals surface area contributed by atoms with Gasteiger partial charge in [0.2, 0.25) is 5.91 Å². The molecule has 2 aromatic carbocycles. The number of hydrogen-bond donors (Lipinski definition) is 2. The van der Waals surface area contributed by atoms with Crippen LogP contribution in [0.25, 0.3) is 0 Å². The summed E-state index contributed by atoms with van der Waals surface area (Å²) >= 11 is 0. The minimum Gasteiger partial charge on any atom is -0.490 e. The number of carbonyl (C=O) groups is 2. The van der Waals surface area contributed by atoms with Crippen molar-refractivity contribution >= 4 is 23.1 Å². The maximum atomic E-state index is 12.1. The lowest BCUT2D eigenvalue weighted by Crippen LogP contribution is -2.21. The Morgan fingerprint density at radius 1 is 0.885 bits per heavy atom. The van der Waals surface area contributed by atoms with E-state index in [1.807, 2.05) is 13.8 Å². The molecule has 0 aliphatic heterocycles. The lowest BCUT2D eigenvalue weighted by atomic mass is 10.1. The minimum absolute atomic E-state index is 0.00916. The maximum absolute atomic E-state index is 12.1. The zero-order valence-electron chi connectivity index (χ0n) is 15.3. The Kier molecular flexibility index (Phi) is 7.02. The molecule has 0 aromatic heterocycles. The minimum atomic E-state index is -0.188. The highest BCUT2D eigenvalue weighted by Gasteiger charge is 2.09. The largest absolute Gasteiger partial charge is 0.490 e. The van der Waals surface area contributed by atoms with Crippen LogP contribution < -0.4 is 20.1 Å². The summed E-state index contributed by atoms with van der Waals surface area (Å²) in [6, 6.07) is 12.3. The number of Topliss-reactive ketones (excluding diaryl/α,β-unsaturated/α-hetero) is 1. The van der Waals surface area contributed by atoms with E-state index in [-0.39, 0.29) is 18.2 Å². The van der Waals surface area contributed by atoms with E-state index in [4.69, 9.17) is 9.47 Å². The second-order valence-corrected chi connectivity index (χ2v) is 5.56. The standard InChI is InChI=1S/C20H24N2O4/c1-4-25-18-11-10-17(12-19(18)26-5-2)22-20(24)13-21-16-8-6-15(7-9-16)14(3)23/h6-12,21H,4-5,13H2,1-3H3,(H,22,24). The van der Waals surface area contributed by atoms with Gasteiger partial charge < -0.3 is 20.1 Å². The van der Waals surface area contributed by atoms with Gasteiger partial charge in [0.15, 0.2) is 17.3 Å². The summed E-state index contributed by atoms with van der Waals surface area (Å²) in [5.74, 6) is 1.07. The van der Waals surface area contributed by atoms with E-state index < -0.39 is 0 Å². The Morgan fingerprint density at radius 2 is 1.50 bits per heavy atom. The van der Waals surface area contributed by atoms with Crippen molar-refractivity contribution in [3.05, 3.63) is 48.0 Å². The Labute approximate surface area is 153 Å². The van der Waals surface area contributed by atoms with Crippen molar-refractivity contribution in [2.75, 3.05) is 30.4 Å². The van der Waals surface area contributed by atoms with E-state index in [1.165, 1.54) is 6.92 Å². The molecule has 0 aliphatic carbocycles. The zero-order valence-corrected chi connectivity index (χ0v) is 15.3. The molecule has 2 rings (SSSR count). The van der Waals surface area contributed by atoms with Crippen LogP contribution in [0.5, 0.6) is 11.5 Å². The van der Waals surface area contributed by atoms with Crippen LogP contribution >= 0.6 is 0 Å². The summed E-state index contributed by atoms with van der Waals surface area (Å²) in [7, 11) is 0. The van der Waals surface area contributed by atoms with Gasteiger partial charge in [-0.25, -0.2) is 0 Å². The maximum Gasteiger partial charge on any atom is 0.243 e. The van der Waals surface area contributed by atoms with Crippen LogP contribution in [0.2, 0.25) is 0 Å². The Hall–Kier alpha value is -3.02. The first-order valence-electron chi connectivity index (χ1n) is 8.57. The fourth-order valence-corrected chi connectivity index (χ4v) is 2.34. The molecule has 0 unspecified atom stereocenters. The zero-order chi connectivity index (χ0) is 18.9. The third kappa shape index (κ3) is 5.51. The number of anilines is 2. The second-order valence-electron chi connectivity index (χ2n) is 5.56. The summed E-state index contributed by atoms with van der Waals surface area (Å²) in [6.07, 6.45) is 0. The van der Waals surface area contributed by atoms with Crippen molar-refractivity contribution in [3.8, 4) is 11.5 Å². The molecule has 1 amide bonds. The van der Waals surface area contributed by atoms with E-state index in [0.29, 0.717) is 36.0 Å².